The van der Waals surface area contributed by atoms with Gasteiger partial charge in [0.1, 0.15) is 18.3 Å². The van der Waals surface area contributed by atoms with Crippen LogP contribution in [0.1, 0.15) is 6.42 Å². The van der Waals surface area contributed by atoms with Crippen LogP contribution in [-0.2, 0) is 9.47 Å². The molecule has 3 aliphatic rings. The number of halogens is 1. The summed E-state index contributed by atoms with van der Waals surface area (Å²) >= 11 is 6.59. The second-order valence-corrected chi connectivity index (χ2v) is 9.05. The first-order valence-electron chi connectivity index (χ1n) is 10.9. The first kappa shape index (κ1) is 20.3. The minimum Gasteiger partial charge on any atom is -0.456 e. The Kier molecular flexibility index (Phi) is 5.00. The summed E-state index contributed by atoms with van der Waals surface area (Å²) in [4.78, 5) is 9.92. The van der Waals surface area contributed by atoms with Crippen LogP contribution in [0.3, 0.4) is 0 Å². The highest BCUT2D eigenvalue weighted by Crippen LogP contribution is 2.35. The maximum Gasteiger partial charge on any atom is 0.295 e. The summed E-state index contributed by atoms with van der Waals surface area (Å²) in [5.74, 6) is 0. The fourth-order valence-corrected chi connectivity index (χ4v) is 5.07. The number of ether oxygens (including phenoxy) is 3. The lowest BCUT2D eigenvalue weighted by atomic mass is 10.0. The molecule has 32 heavy (non-hydrogen) atoms. The standard InChI is InChI=1S/C23H24ClN3O5/c24-16-8-18-17(25-23(26-18)32-20-11-31-21-19(29)10-30-22(20)21)7-15(16)12-1-3-13(4-2-12)27-6-5-14(28)9-27/h1-4,7-8,14,19-22,28-29H,5-6,9-11H2,(H,25,26)/t14-,19+,20+,21+,22+/m0/s1. The number of nitrogens with one attached hydrogen (secondary N) is 1. The molecule has 3 fully saturated rings. The molecule has 9 heteroatoms. The summed E-state index contributed by atoms with van der Waals surface area (Å²) < 4.78 is 17.2. The number of β-amino-alcohol motifs (C(OH)–C–C–N with tert-alkyl or cyclic N) is 1. The van der Waals surface area contributed by atoms with Gasteiger partial charge in [-0.25, -0.2) is 0 Å². The molecule has 0 radical (unpaired) electrons. The van der Waals surface area contributed by atoms with E-state index in [4.69, 9.17) is 25.8 Å². The van der Waals surface area contributed by atoms with E-state index in [-0.39, 0.29) is 31.0 Å². The Morgan fingerprint density at radius 3 is 2.69 bits per heavy atom. The second kappa shape index (κ2) is 7.90. The molecule has 4 heterocycles. The van der Waals surface area contributed by atoms with E-state index in [1.54, 1.807) is 0 Å². The number of hydrogen-bond donors (Lipinski definition) is 3. The Balaban J connectivity index is 1.23. The van der Waals surface area contributed by atoms with E-state index in [0.717, 1.165) is 40.8 Å². The molecule has 0 amide bonds. The van der Waals surface area contributed by atoms with Crippen molar-refractivity contribution in [3.8, 4) is 17.1 Å². The van der Waals surface area contributed by atoms with Crippen molar-refractivity contribution in [3.05, 3.63) is 41.4 Å². The zero-order valence-corrected chi connectivity index (χ0v) is 18.0. The minimum atomic E-state index is -0.618. The summed E-state index contributed by atoms with van der Waals surface area (Å²) in [6, 6.07) is 12.3. The number of hydrogen-bond acceptors (Lipinski definition) is 7. The SMILES string of the molecule is O[C@H]1CCN(c2ccc(-c3cc4nc(O[C@@H]5CO[C@H]6[C@@H]5OC[C@H]6O)[nH]c4cc3Cl)cc2)C1. The Bertz CT molecular complexity index is 1140. The lowest BCUT2D eigenvalue weighted by molar-refractivity contribution is 0.00706. The summed E-state index contributed by atoms with van der Waals surface area (Å²) in [5, 5.41) is 20.3. The van der Waals surface area contributed by atoms with Gasteiger partial charge in [0.05, 0.1) is 35.4 Å². The number of fused-ring (bicyclic) bond motifs is 2. The first-order chi connectivity index (χ1) is 15.5. The van der Waals surface area contributed by atoms with Crippen LogP contribution in [0.5, 0.6) is 6.01 Å². The first-order valence-corrected chi connectivity index (χ1v) is 11.2. The molecule has 3 aliphatic heterocycles. The zero-order valence-electron chi connectivity index (χ0n) is 17.3. The molecule has 0 bridgehead atoms. The third-order valence-corrected chi connectivity index (χ3v) is 6.81. The molecule has 0 spiro atoms. The summed E-state index contributed by atoms with van der Waals surface area (Å²) in [6.45, 7) is 2.13. The number of anilines is 1. The maximum absolute atomic E-state index is 9.90. The molecule has 168 valence electrons. The predicted molar refractivity (Wildman–Crippen MR) is 119 cm³/mol. The van der Waals surface area contributed by atoms with Crippen LogP contribution >= 0.6 is 11.6 Å². The van der Waals surface area contributed by atoms with Crippen LogP contribution < -0.4 is 9.64 Å². The third kappa shape index (κ3) is 3.52. The molecule has 3 N–H and O–H groups in total. The number of rotatable bonds is 4. The molecule has 0 saturated carbocycles. The molecule has 2 aromatic carbocycles. The molecule has 6 rings (SSSR count). The van der Waals surface area contributed by atoms with E-state index in [1.165, 1.54) is 0 Å². The van der Waals surface area contributed by atoms with Gasteiger partial charge < -0.3 is 34.3 Å². The highest BCUT2D eigenvalue weighted by atomic mass is 35.5. The quantitative estimate of drug-likeness (QED) is 0.553. The van der Waals surface area contributed by atoms with Gasteiger partial charge >= 0.3 is 0 Å². The van der Waals surface area contributed by atoms with Gasteiger partial charge in [-0.2, -0.15) is 4.98 Å². The van der Waals surface area contributed by atoms with Gasteiger partial charge in [-0.15, -0.1) is 0 Å². The fraction of sp³-hybridized carbons (Fsp3) is 0.435. The average molecular weight is 458 g/mol. The van der Waals surface area contributed by atoms with Gasteiger partial charge in [-0.1, -0.05) is 23.7 Å². The number of nitrogens with zero attached hydrogens (tertiary/aromatic N) is 2. The highest BCUT2D eigenvalue weighted by Gasteiger charge is 2.48. The van der Waals surface area contributed by atoms with Gasteiger partial charge in [0.15, 0.2) is 6.10 Å². The average Bonchev–Trinajstić information content (AvgIpc) is 3.55. The number of benzene rings is 2. The lowest BCUT2D eigenvalue weighted by Gasteiger charge is -2.18. The molecular weight excluding hydrogens is 434 g/mol. The van der Waals surface area contributed by atoms with Crippen LogP contribution in [0.15, 0.2) is 36.4 Å². The maximum atomic E-state index is 9.90. The summed E-state index contributed by atoms with van der Waals surface area (Å²) in [6.07, 6.45) is -1.05. The van der Waals surface area contributed by atoms with Crippen LogP contribution in [0, 0.1) is 0 Å². The van der Waals surface area contributed by atoms with Gasteiger partial charge in [-0.05, 0) is 36.2 Å². The molecule has 0 aliphatic carbocycles. The van der Waals surface area contributed by atoms with Crippen molar-refractivity contribution < 1.29 is 24.4 Å². The van der Waals surface area contributed by atoms with Crippen molar-refractivity contribution >= 4 is 28.3 Å². The van der Waals surface area contributed by atoms with Gasteiger partial charge in [0, 0.05) is 24.3 Å². The van der Waals surface area contributed by atoms with Crippen molar-refractivity contribution in [2.45, 2.75) is 36.9 Å². The molecule has 1 aromatic heterocycles. The molecule has 3 saturated heterocycles. The fourth-order valence-electron chi connectivity index (χ4n) is 4.80. The molecular formula is C23H24ClN3O5. The molecule has 5 atom stereocenters. The zero-order chi connectivity index (χ0) is 21.8. The summed E-state index contributed by atoms with van der Waals surface area (Å²) in [7, 11) is 0. The second-order valence-electron chi connectivity index (χ2n) is 8.65. The number of imidazole rings is 1. The molecule has 3 aromatic rings. The van der Waals surface area contributed by atoms with E-state index < -0.39 is 6.10 Å². The number of H-pyrrole nitrogens is 1. The van der Waals surface area contributed by atoms with Crippen molar-refractivity contribution in [1.29, 1.82) is 0 Å². The Hall–Kier alpha value is -2.36. The highest BCUT2D eigenvalue weighted by molar-refractivity contribution is 6.34. The van der Waals surface area contributed by atoms with Crippen molar-refractivity contribution in [2.24, 2.45) is 0 Å². The topological polar surface area (TPSA) is 100 Å². The number of aliphatic hydroxyl groups excluding tert-OH is 2. The Morgan fingerprint density at radius 2 is 1.91 bits per heavy atom. The predicted octanol–water partition coefficient (Wildman–Crippen LogP) is 2.36. The minimum absolute atomic E-state index is 0.255. The van der Waals surface area contributed by atoms with Gasteiger partial charge in [0.2, 0.25) is 0 Å². The monoisotopic (exact) mass is 457 g/mol. The number of aromatic nitrogens is 2. The summed E-state index contributed by atoms with van der Waals surface area (Å²) in [5.41, 5.74) is 4.49. The van der Waals surface area contributed by atoms with E-state index in [2.05, 4.69) is 27.0 Å². The number of aliphatic hydroxyl groups is 2. The van der Waals surface area contributed by atoms with E-state index in [9.17, 15) is 10.2 Å². The van der Waals surface area contributed by atoms with E-state index >= 15 is 0 Å². The van der Waals surface area contributed by atoms with Crippen molar-refractivity contribution in [1.82, 2.24) is 9.97 Å². The van der Waals surface area contributed by atoms with E-state index in [1.807, 2.05) is 24.3 Å². The van der Waals surface area contributed by atoms with Crippen LogP contribution in [0.4, 0.5) is 5.69 Å². The van der Waals surface area contributed by atoms with Crippen molar-refractivity contribution in [2.75, 3.05) is 31.2 Å². The Labute approximate surface area is 189 Å². The van der Waals surface area contributed by atoms with Crippen LogP contribution in [0.2, 0.25) is 5.02 Å². The molecule has 0 unspecified atom stereocenters. The smallest absolute Gasteiger partial charge is 0.295 e. The van der Waals surface area contributed by atoms with E-state index in [0.29, 0.717) is 24.2 Å². The van der Waals surface area contributed by atoms with Crippen LogP contribution in [-0.4, -0.2) is 77.0 Å². The Morgan fingerprint density at radius 1 is 1.09 bits per heavy atom. The normalized spacial score (nSPS) is 29.7. The van der Waals surface area contributed by atoms with Crippen molar-refractivity contribution in [3.63, 3.8) is 0 Å². The number of aromatic amines is 1. The van der Waals surface area contributed by atoms with Gasteiger partial charge in [0.25, 0.3) is 6.01 Å². The lowest BCUT2D eigenvalue weighted by Crippen LogP contribution is -2.34. The molecule has 8 nitrogen and oxygen atoms in total. The van der Waals surface area contributed by atoms with Crippen LogP contribution in [0.25, 0.3) is 22.2 Å². The third-order valence-electron chi connectivity index (χ3n) is 6.50. The van der Waals surface area contributed by atoms with Gasteiger partial charge in [-0.3, -0.25) is 0 Å². The largest absolute Gasteiger partial charge is 0.456 e.